The van der Waals surface area contributed by atoms with Gasteiger partial charge in [-0.05, 0) is 55.0 Å². The second kappa shape index (κ2) is 7.80. The van der Waals surface area contributed by atoms with Gasteiger partial charge >= 0.3 is 10.1 Å². The van der Waals surface area contributed by atoms with E-state index in [1.807, 2.05) is 6.92 Å². The molecule has 3 aromatic carbocycles. The van der Waals surface area contributed by atoms with E-state index in [4.69, 9.17) is 32.1 Å². The van der Waals surface area contributed by atoms with Gasteiger partial charge in [0.05, 0.1) is 15.6 Å². The molecule has 0 atom stereocenters. The molecule has 1 aliphatic heterocycles. The number of hydrogen-bond acceptors (Lipinski definition) is 5. The van der Waals surface area contributed by atoms with Crippen LogP contribution < -0.4 is 8.92 Å². The molecule has 4 rings (SSSR count). The van der Waals surface area contributed by atoms with E-state index in [1.165, 1.54) is 36.4 Å². The van der Waals surface area contributed by atoms with Gasteiger partial charge in [-0.3, -0.25) is 4.79 Å². The number of hydrogen-bond donors (Lipinski definition) is 0. The van der Waals surface area contributed by atoms with Gasteiger partial charge in [-0.25, -0.2) is 0 Å². The fourth-order valence-electron chi connectivity index (χ4n) is 2.85. The predicted octanol–water partition coefficient (Wildman–Crippen LogP) is 5.69. The molecule has 0 unspecified atom stereocenters. The van der Waals surface area contributed by atoms with E-state index in [1.54, 1.807) is 30.3 Å². The third-order valence-electron chi connectivity index (χ3n) is 4.40. The van der Waals surface area contributed by atoms with Crippen LogP contribution in [0.25, 0.3) is 6.08 Å². The molecule has 0 aromatic heterocycles. The van der Waals surface area contributed by atoms with E-state index >= 15 is 0 Å². The Morgan fingerprint density at radius 3 is 2.37 bits per heavy atom. The van der Waals surface area contributed by atoms with E-state index in [-0.39, 0.29) is 27.9 Å². The minimum Gasteiger partial charge on any atom is -0.452 e. The number of ketones is 1. The molecule has 1 aliphatic rings. The predicted molar refractivity (Wildman–Crippen MR) is 115 cm³/mol. The SMILES string of the molecule is Cc1ccc(S(=O)(=O)Oc2ccc3c(c2)O/C(=C\c2ccc(Cl)c(Cl)c2)C3=O)cc1. The molecular formula is C22H14Cl2O5S. The number of aryl methyl sites for hydroxylation is 1. The number of ether oxygens (including phenoxy) is 1. The van der Waals surface area contributed by atoms with Gasteiger partial charge < -0.3 is 8.92 Å². The molecule has 0 bridgehead atoms. The van der Waals surface area contributed by atoms with Crippen molar-refractivity contribution >= 4 is 45.2 Å². The van der Waals surface area contributed by atoms with Crippen LogP contribution in [0.15, 0.2) is 71.3 Å². The first-order chi connectivity index (χ1) is 14.2. The molecule has 5 nitrogen and oxygen atoms in total. The monoisotopic (exact) mass is 460 g/mol. The average molecular weight is 461 g/mol. The highest BCUT2D eigenvalue weighted by molar-refractivity contribution is 7.87. The summed E-state index contributed by atoms with van der Waals surface area (Å²) in [6.07, 6.45) is 1.54. The molecule has 152 valence electrons. The molecular weight excluding hydrogens is 447 g/mol. The molecule has 0 fully saturated rings. The van der Waals surface area contributed by atoms with Crippen LogP contribution >= 0.6 is 23.2 Å². The van der Waals surface area contributed by atoms with Gasteiger partial charge in [0.15, 0.2) is 5.76 Å². The molecule has 3 aromatic rings. The Labute approximate surface area is 183 Å². The maximum atomic E-state index is 12.6. The zero-order valence-electron chi connectivity index (χ0n) is 15.6. The third kappa shape index (κ3) is 4.07. The van der Waals surface area contributed by atoms with Crippen LogP contribution in [0.1, 0.15) is 21.5 Å². The second-order valence-electron chi connectivity index (χ2n) is 6.62. The quantitative estimate of drug-likeness (QED) is 0.369. The first-order valence-corrected chi connectivity index (χ1v) is 10.9. The van der Waals surface area contributed by atoms with E-state index in [0.29, 0.717) is 21.2 Å². The topological polar surface area (TPSA) is 69.7 Å². The molecule has 0 saturated heterocycles. The van der Waals surface area contributed by atoms with Crippen LogP contribution in [0.3, 0.4) is 0 Å². The largest absolute Gasteiger partial charge is 0.452 e. The first kappa shape index (κ1) is 20.5. The maximum Gasteiger partial charge on any atom is 0.339 e. The average Bonchev–Trinajstić information content (AvgIpc) is 2.99. The van der Waals surface area contributed by atoms with Crippen LogP contribution in [0.2, 0.25) is 10.0 Å². The van der Waals surface area contributed by atoms with Gasteiger partial charge in [0.25, 0.3) is 0 Å². The molecule has 8 heteroatoms. The summed E-state index contributed by atoms with van der Waals surface area (Å²) < 4.78 is 35.8. The van der Waals surface area contributed by atoms with Crippen molar-refractivity contribution in [3.05, 3.63) is 93.2 Å². The van der Waals surface area contributed by atoms with Crippen LogP contribution in [0, 0.1) is 6.92 Å². The first-order valence-electron chi connectivity index (χ1n) is 8.77. The Kier molecular flexibility index (Phi) is 5.32. The van der Waals surface area contributed by atoms with Gasteiger partial charge in [-0.2, -0.15) is 8.42 Å². The number of halogens is 2. The highest BCUT2D eigenvalue weighted by atomic mass is 35.5. The van der Waals surface area contributed by atoms with E-state index in [2.05, 4.69) is 0 Å². The molecule has 0 N–H and O–H groups in total. The fourth-order valence-corrected chi connectivity index (χ4v) is 4.08. The van der Waals surface area contributed by atoms with Crippen molar-refractivity contribution in [3.8, 4) is 11.5 Å². The smallest absolute Gasteiger partial charge is 0.339 e. The molecule has 0 spiro atoms. The van der Waals surface area contributed by atoms with Crippen molar-refractivity contribution in [3.63, 3.8) is 0 Å². The Morgan fingerprint density at radius 1 is 0.933 bits per heavy atom. The highest BCUT2D eigenvalue weighted by Gasteiger charge is 2.28. The summed E-state index contributed by atoms with van der Waals surface area (Å²) in [7, 11) is -4.01. The van der Waals surface area contributed by atoms with Crippen LogP contribution in [-0.2, 0) is 10.1 Å². The van der Waals surface area contributed by atoms with Gasteiger partial charge in [0.1, 0.15) is 16.4 Å². The van der Waals surface area contributed by atoms with E-state index in [0.717, 1.165) is 5.56 Å². The van der Waals surface area contributed by atoms with Crippen molar-refractivity contribution in [2.75, 3.05) is 0 Å². The van der Waals surface area contributed by atoms with Crippen LogP contribution in [-0.4, -0.2) is 14.2 Å². The molecule has 0 aliphatic carbocycles. The lowest BCUT2D eigenvalue weighted by atomic mass is 10.1. The zero-order valence-corrected chi connectivity index (χ0v) is 17.9. The summed E-state index contributed by atoms with van der Waals surface area (Å²) >= 11 is 11.9. The van der Waals surface area contributed by atoms with Crippen molar-refractivity contribution in [2.24, 2.45) is 0 Å². The van der Waals surface area contributed by atoms with Gasteiger partial charge in [-0.15, -0.1) is 0 Å². The number of benzene rings is 3. The lowest BCUT2D eigenvalue weighted by Crippen LogP contribution is -2.09. The summed E-state index contributed by atoms with van der Waals surface area (Å²) in [6.45, 7) is 1.86. The van der Waals surface area contributed by atoms with Crippen LogP contribution in [0.5, 0.6) is 11.5 Å². The van der Waals surface area contributed by atoms with E-state index in [9.17, 15) is 13.2 Å². The molecule has 0 amide bonds. The third-order valence-corrected chi connectivity index (χ3v) is 6.40. The van der Waals surface area contributed by atoms with Gasteiger partial charge in [0, 0.05) is 6.07 Å². The van der Waals surface area contributed by atoms with Crippen molar-refractivity contribution in [1.82, 2.24) is 0 Å². The highest BCUT2D eigenvalue weighted by Crippen LogP contribution is 2.36. The Balaban J connectivity index is 1.59. The minimum atomic E-state index is -4.01. The normalized spacial score (nSPS) is 14.5. The number of rotatable bonds is 4. The molecule has 30 heavy (non-hydrogen) atoms. The maximum absolute atomic E-state index is 12.6. The summed E-state index contributed by atoms with van der Waals surface area (Å²) in [5.41, 5.74) is 1.88. The number of fused-ring (bicyclic) bond motifs is 1. The molecule has 1 heterocycles. The Hall–Kier alpha value is -2.80. The molecule has 0 radical (unpaired) electrons. The van der Waals surface area contributed by atoms with Crippen molar-refractivity contribution < 1.29 is 22.1 Å². The summed E-state index contributed by atoms with van der Waals surface area (Å²) in [5.74, 6) is 0.00627. The van der Waals surface area contributed by atoms with Gasteiger partial charge in [-0.1, -0.05) is 47.0 Å². The van der Waals surface area contributed by atoms with Crippen molar-refractivity contribution in [1.29, 1.82) is 0 Å². The van der Waals surface area contributed by atoms with Gasteiger partial charge in [0.2, 0.25) is 5.78 Å². The number of allylic oxidation sites excluding steroid dienone is 1. The van der Waals surface area contributed by atoms with Crippen molar-refractivity contribution in [2.45, 2.75) is 11.8 Å². The fraction of sp³-hybridized carbons (Fsp3) is 0.0455. The molecule has 0 saturated carbocycles. The van der Waals surface area contributed by atoms with E-state index < -0.39 is 10.1 Å². The second-order valence-corrected chi connectivity index (χ2v) is 8.98. The summed E-state index contributed by atoms with van der Waals surface area (Å²) in [4.78, 5) is 12.6. The number of carbonyl (C=O) groups is 1. The zero-order chi connectivity index (χ0) is 21.5. The summed E-state index contributed by atoms with van der Waals surface area (Å²) in [5, 5.41) is 0.753. The number of Topliss-reactive ketones (excluding diaryl/α,β-unsaturated/α-hetero) is 1. The summed E-state index contributed by atoms with van der Waals surface area (Å²) in [6, 6.07) is 15.5. The Morgan fingerprint density at radius 2 is 1.67 bits per heavy atom. The lowest BCUT2D eigenvalue weighted by molar-refractivity contribution is 0.101. The Bertz CT molecular complexity index is 1300. The number of carbonyl (C=O) groups excluding carboxylic acids is 1. The van der Waals surface area contributed by atoms with Crippen LogP contribution in [0.4, 0.5) is 0 Å². The standard InChI is InChI=1S/C22H14Cl2O5S/c1-13-2-6-16(7-3-13)30(26,27)29-15-5-8-17-20(12-15)28-21(22(17)25)11-14-4-9-18(23)19(24)10-14/h2-12H,1H3/b21-11-. The lowest BCUT2D eigenvalue weighted by Gasteiger charge is -2.08. The minimum absolute atomic E-state index is 0.0331.